The molecule has 0 aromatic heterocycles. The summed E-state index contributed by atoms with van der Waals surface area (Å²) in [5, 5.41) is 5.10. The van der Waals surface area contributed by atoms with Gasteiger partial charge in [-0.05, 0) is 61.1 Å². The number of amides is 6. The van der Waals surface area contributed by atoms with Crippen molar-refractivity contribution in [2.75, 3.05) is 20.1 Å². The first kappa shape index (κ1) is 35.0. The largest absolute Gasteiger partial charge is 0.444 e. The Hall–Kier alpha value is -4.40. The molecular formula is C36H46N6O8S. The van der Waals surface area contributed by atoms with E-state index in [1.807, 2.05) is 30.4 Å². The van der Waals surface area contributed by atoms with E-state index in [1.165, 1.54) is 11.0 Å². The first-order valence-corrected chi connectivity index (χ1v) is 19.5. The molecule has 7 rings (SSSR count). The molecule has 0 radical (unpaired) electrons. The molecule has 3 N–H and O–H groups in total. The zero-order chi connectivity index (χ0) is 36.1. The van der Waals surface area contributed by atoms with Gasteiger partial charge in [-0.3, -0.25) is 24.0 Å². The number of benzene rings is 1. The van der Waals surface area contributed by atoms with Gasteiger partial charge in [-0.25, -0.2) is 18.0 Å². The fraction of sp³-hybridized carbons (Fsp3) is 0.583. The molecule has 0 unspecified atom stereocenters. The Morgan fingerprint density at radius 1 is 1.10 bits per heavy atom. The van der Waals surface area contributed by atoms with Gasteiger partial charge in [0.1, 0.15) is 23.7 Å². The standard InChI is InChI=1S/C36H46N6O8S/c1-3-25-18-36(25,33(45)39-51(48,49)27-14-15-27)38-31(43)29-17-26-20-42(29)32(44)30(23-10-4-5-11-23)37-34(46)40(2)16-7-6-9-22-12-8-13-24-19-41(21-28(22)24)35(47)50-26/h3,6,8-9,12-13,23,25-27,29-30H,1,4-5,7,10-11,14-21H2,2H3,(H,37,46)(H,38,43)(H,39,45)/b9-6+/t25-,26+,29-,30-,36+/m0/s1. The third-order valence-corrected chi connectivity index (χ3v) is 13.2. The molecule has 0 spiro atoms. The number of ether oxygens (including phenoxy) is 1. The minimum Gasteiger partial charge on any atom is -0.444 e. The van der Waals surface area contributed by atoms with E-state index in [0.717, 1.165) is 42.4 Å². The number of carbonyl (C=O) groups is 5. The summed E-state index contributed by atoms with van der Waals surface area (Å²) in [6, 6.07) is 3.41. The van der Waals surface area contributed by atoms with Gasteiger partial charge in [-0.2, -0.15) is 0 Å². The van der Waals surface area contributed by atoms with E-state index in [1.54, 1.807) is 16.8 Å². The van der Waals surface area contributed by atoms with Crippen LogP contribution in [0, 0.1) is 11.8 Å². The van der Waals surface area contributed by atoms with Gasteiger partial charge in [0.15, 0.2) is 0 Å². The van der Waals surface area contributed by atoms with Crippen molar-refractivity contribution in [3.8, 4) is 0 Å². The molecule has 51 heavy (non-hydrogen) atoms. The SMILES string of the molecule is C=C[C@H]1C[C@]1(NC(=O)[C@@H]1C[C@@H]2CN1C(=O)[C@H](C1CCCC1)NC(=O)N(C)CC/C=C/c1cccc3c1CN(C3)C(=O)O2)C(=O)NS(=O)(=O)C1CC1. The molecule has 15 heteroatoms. The van der Waals surface area contributed by atoms with Crippen molar-refractivity contribution in [1.82, 2.24) is 30.1 Å². The Morgan fingerprint density at radius 2 is 1.86 bits per heavy atom. The summed E-state index contributed by atoms with van der Waals surface area (Å²) >= 11 is 0. The summed E-state index contributed by atoms with van der Waals surface area (Å²) in [5.74, 6) is -2.65. The zero-order valence-electron chi connectivity index (χ0n) is 28.8. The van der Waals surface area contributed by atoms with Crippen LogP contribution in [0.1, 0.15) is 74.5 Å². The van der Waals surface area contributed by atoms with E-state index in [-0.39, 0.29) is 25.3 Å². The molecule has 3 saturated carbocycles. The second-order valence-electron chi connectivity index (χ2n) is 14.9. The molecule has 4 bridgehead atoms. The van der Waals surface area contributed by atoms with E-state index in [0.29, 0.717) is 38.9 Å². The third kappa shape index (κ3) is 6.96. The van der Waals surface area contributed by atoms with E-state index in [9.17, 15) is 32.4 Å². The lowest BCUT2D eigenvalue weighted by molar-refractivity contribution is -0.142. The lowest BCUT2D eigenvalue weighted by atomic mass is 9.96. The number of rotatable bonds is 7. The third-order valence-electron chi connectivity index (χ3n) is 11.3. The highest BCUT2D eigenvalue weighted by Crippen LogP contribution is 2.45. The summed E-state index contributed by atoms with van der Waals surface area (Å²) in [6.45, 7) is 4.77. The fourth-order valence-electron chi connectivity index (χ4n) is 8.02. The molecule has 3 heterocycles. The van der Waals surface area contributed by atoms with Gasteiger partial charge < -0.3 is 25.2 Å². The van der Waals surface area contributed by atoms with E-state index >= 15 is 0 Å². The van der Waals surface area contributed by atoms with Gasteiger partial charge in [0.05, 0.1) is 18.3 Å². The van der Waals surface area contributed by atoms with Gasteiger partial charge in [0.25, 0.3) is 5.91 Å². The molecule has 4 fully saturated rings. The average molecular weight is 723 g/mol. The maximum absolute atomic E-state index is 14.5. The Bertz CT molecular complexity index is 1770. The van der Waals surface area contributed by atoms with Crippen molar-refractivity contribution in [2.24, 2.45) is 11.8 Å². The Kier molecular flexibility index (Phi) is 9.35. The Labute approximate surface area is 298 Å². The number of urea groups is 1. The quantitative estimate of drug-likeness (QED) is 0.360. The van der Waals surface area contributed by atoms with Gasteiger partial charge in [0, 0.05) is 32.5 Å². The Morgan fingerprint density at radius 3 is 2.57 bits per heavy atom. The number of hydrogen-bond donors (Lipinski definition) is 3. The zero-order valence-corrected chi connectivity index (χ0v) is 29.7. The smallest absolute Gasteiger partial charge is 0.410 e. The van der Waals surface area contributed by atoms with Gasteiger partial charge in [-0.15, -0.1) is 6.58 Å². The molecule has 14 nitrogen and oxygen atoms in total. The van der Waals surface area contributed by atoms with Gasteiger partial charge >= 0.3 is 12.1 Å². The van der Waals surface area contributed by atoms with Crippen LogP contribution >= 0.6 is 0 Å². The predicted octanol–water partition coefficient (Wildman–Crippen LogP) is 2.39. The summed E-state index contributed by atoms with van der Waals surface area (Å²) in [5.41, 5.74) is 1.43. The minimum atomic E-state index is -3.89. The van der Waals surface area contributed by atoms with Crippen LogP contribution in [0.5, 0.6) is 0 Å². The fourth-order valence-corrected chi connectivity index (χ4v) is 9.38. The number of nitrogens with one attached hydrogen (secondary N) is 3. The lowest BCUT2D eigenvalue weighted by Gasteiger charge is -2.33. The summed E-state index contributed by atoms with van der Waals surface area (Å²) in [7, 11) is -2.22. The lowest BCUT2D eigenvalue weighted by Crippen LogP contribution is -2.59. The molecular weight excluding hydrogens is 676 g/mol. The summed E-state index contributed by atoms with van der Waals surface area (Å²) in [4.78, 5) is 73.8. The highest BCUT2D eigenvalue weighted by molar-refractivity contribution is 7.91. The monoisotopic (exact) mass is 722 g/mol. The van der Waals surface area contributed by atoms with Crippen LogP contribution in [0.4, 0.5) is 9.59 Å². The molecule has 1 aromatic rings. The number of carbonyl (C=O) groups excluding carboxylic acids is 5. The first-order valence-electron chi connectivity index (χ1n) is 18.0. The van der Waals surface area contributed by atoms with Crippen molar-refractivity contribution in [2.45, 2.75) is 99.9 Å². The average Bonchev–Trinajstić information content (AvgIpc) is 3.88. The number of nitrogens with zero attached hydrogens (tertiary/aromatic N) is 3. The maximum atomic E-state index is 14.5. The predicted molar refractivity (Wildman–Crippen MR) is 186 cm³/mol. The number of fused-ring (bicyclic) bond motifs is 3. The second-order valence-corrected chi connectivity index (χ2v) is 16.8. The molecule has 6 aliphatic rings. The molecule has 274 valence electrons. The first-order chi connectivity index (χ1) is 24.4. The van der Waals surface area contributed by atoms with Crippen LogP contribution < -0.4 is 15.4 Å². The highest BCUT2D eigenvalue weighted by atomic mass is 32.2. The number of hydrogen-bond acceptors (Lipinski definition) is 8. The molecule has 5 atom stereocenters. The minimum absolute atomic E-state index is 0.0415. The van der Waals surface area contributed by atoms with Crippen LogP contribution in [-0.4, -0.2) is 102 Å². The van der Waals surface area contributed by atoms with Gasteiger partial charge in [-0.1, -0.05) is 49.3 Å². The molecule has 6 amide bonds. The number of sulfonamides is 1. The summed E-state index contributed by atoms with van der Waals surface area (Å²) < 4.78 is 33.5. The molecule has 3 aliphatic heterocycles. The van der Waals surface area contributed by atoms with Crippen molar-refractivity contribution in [3.05, 3.63) is 53.6 Å². The second kappa shape index (κ2) is 13.6. The van der Waals surface area contributed by atoms with Crippen molar-refractivity contribution in [3.63, 3.8) is 0 Å². The molecule has 1 saturated heterocycles. The van der Waals surface area contributed by atoms with Crippen LogP contribution in [-0.2, 0) is 42.2 Å². The maximum Gasteiger partial charge on any atom is 0.410 e. The van der Waals surface area contributed by atoms with Crippen LogP contribution in [0.25, 0.3) is 6.08 Å². The van der Waals surface area contributed by atoms with Crippen molar-refractivity contribution in [1.29, 1.82) is 0 Å². The van der Waals surface area contributed by atoms with Crippen molar-refractivity contribution >= 4 is 45.9 Å². The summed E-state index contributed by atoms with van der Waals surface area (Å²) in [6.07, 6.45) is 8.91. The van der Waals surface area contributed by atoms with Gasteiger partial charge in [0.2, 0.25) is 21.8 Å². The van der Waals surface area contributed by atoms with Crippen LogP contribution in [0.3, 0.4) is 0 Å². The molecule has 3 aliphatic carbocycles. The normalized spacial score (nSPS) is 30.6. The molecule has 1 aromatic carbocycles. The Balaban J connectivity index is 1.18. The van der Waals surface area contributed by atoms with E-state index in [2.05, 4.69) is 21.9 Å². The van der Waals surface area contributed by atoms with Crippen LogP contribution in [0.2, 0.25) is 0 Å². The topological polar surface area (TPSA) is 175 Å². The van der Waals surface area contributed by atoms with Crippen LogP contribution in [0.15, 0.2) is 36.9 Å². The van der Waals surface area contributed by atoms with E-state index < -0.39 is 74.8 Å². The van der Waals surface area contributed by atoms with Crippen molar-refractivity contribution < 1.29 is 37.1 Å². The highest BCUT2D eigenvalue weighted by Gasteiger charge is 2.62. The van der Waals surface area contributed by atoms with E-state index in [4.69, 9.17) is 4.74 Å².